The van der Waals surface area contributed by atoms with Crippen LogP contribution in [0.2, 0.25) is 0 Å². The number of benzene rings is 2. The van der Waals surface area contributed by atoms with Crippen LogP contribution >= 0.6 is 11.3 Å². The van der Waals surface area contributed by atoms with Crippen LogP contribution in [0.15, 0.2) is 30.3 Å². The molecule has 2 heterocycles. The molecule has 6 heteroatoms. The normalized spacial score (nSPS) is 13.1. The Morgan fingerprint density at radius 1 is 1.08 bits per heavy atom. The first kappa shape index (κ1) is 15.0. The molecule has 0 saturated carbocycles. The molecule has 24 heavy (non-hydrogen) atoms. The minimum Gasteiger partial charge on any atom is -0.486 e. The molecule has 0 aliphatic carbocycles. The van der Waals surface area contributed by atoms with Gasteiger partial charge in [0.2, 0.25) is 0 Å². The Bertz CT molecular complexity index is 906. The minimum absolute atomic E-state index is 0.158. The van der Waals surface area contributed by atoms with E-state index in [4.69, 9.17) is 9.47 Å². The van der Waals surface area contributed by atoms with Gasteiger partial charge in [-0.2, -0.15) is 0 Å². The highest BCUT2D eigenvalue weighted by molar-refractivity contribution is 7.22. The van der Waals surface area contributed by atoms with Crippen LogP contribution in [0.1, 0.15) is 21.5 Å². The molecule has 1 N–H and O–H groups in total. The maximum atomic E-state index is 12.4. The highest BCUT2D eigenvalue weighted by Crippen LogP contribution is 2.37. The fourth-order valence-corrected chi connectivity index (χ4v) is 3.44. The van der Waals surface area contributed by atoms with Crippen LogP contribution in [0.3, 0.4) is 0 Å². The molecule has 0 bridgehead atoms. The van der Waals surface area contributed by atoms with E-state index in [0.717, 1.165) is 27.1 Å². The van der Waals surface area contributed by atoms with E-state index in [1.54, 1.807) is 0 Å². The Morgan fingerprint density at radius 2 is 1.83 bits per heavy atom. The summed E-state index contributed by atoms with van der Waals surface area (Å²) in [4.78, 5) is 16.9. The van der Waals surface area contributed by atoms with Gasteiger partial charge in [-0.15, -0.1) is 0 Å². The fraction of sp³-hybridized carbons (Fsp3) is 0.222. The maximum absolute atomic E-state index is 12.4. The molecule has 4 rings (SSSR count). The maximum Gasteiger partial charge on any atom is 0.257 e. The molecule has 0 spiro atoms. The quantitative estimate of drug-likeness (QED) is 0.768. The van der Waals surface area contributed by atoms with Gasteiger partial charge < -0.3 is 9.47 Å². The average molecular weight is 340 g/mol. The standard InChI is InChI=1S/C18H16N2O3S/c1-10-3-4-12(7-11(10)2)17(21)20-18-19-13-8-14-15(9-16(13)24-18)23-6-5-22-14/h3-4,7-9H,5-6H2,1-2H3,(H,19,20,21). The van der Waals surface area contributed by atoms with Crippen molar-refractivity contribution < 1.29 is 14.3 Å². The van der Waals surface area contributed by atoms with Crippen molar-refractivity contribution in [2.24, 2.45) is 0 Å². The first-order valence-corrected chi connectivity index (χ1v) is 8.50. The molecule has 0 saturated heterocycles. The molecule has 1 aliphatic heterocycles. The predicted molar refractivity (Wildman–Crippen MR) is 94.5 cm³/mol. The van der Waals surface area contributed by atoms with Crippen molar-refractivity contribution in [1.29, 1.82) is 0 Å². The first-order chi connectivity index (χ1) is 11.6. The second kappa shape index (κ2) is 5.79. The van der Waals surface area contributed by atoms with E-state index >= 15 is 0 Å². The topological polar surface area (TPSA) is 60.5 Å². The minimum atomic E-state index is -0.158. The lowest BCUT2D eigenvalue weighted by atomic mass is 10.1. The molecule has 0 radical (unpaired) electrons. The van der Waals surface area contributed by atoms with Crippen molar-refractivity contribution in [2.75, 3.05) is 18.5 Å². The van der Waals surface area contributed by atoms with Gasteiger partial charge in [0.1, 0.15) is 13.2 Å². The number of hydrogen-bond donors (Lipinski definition) is 1. The summed E-state index contributed by atoms with van der Waals surface area (Å²) in [5.41, 5.74) is 3.67. The van der Waals surface area contributed by atoms with Crippen molar-refractivity contribution in [2.45, 2.75) is 13.8 Å². The molecule has 0 atom stereocenters. The van der Waals surface area contributed by atoms with Crippen LogP contribution in [-0.2, 0) is 0 Å². The Hall–Kier alpha value is -2.60. The van der Waals surface area contributed by atoms with Crippen LogP contribution < -0.4 is 14.8 Å². The van der Waals surface area contributed by atoms with Crippen molar-refractivity contribution in [3.05, 3.63) is 47.0 Å². The molecule has 1 aliphatic rings. The van der Waals surface area contributed by atoms with Gasteiger partial charge in [-0.25, -0.2) is 4.98 Å². The molecule has 1 amide bonds. The molecule has 0 fully saturated rings. The van der Waals surface area contributed by atoms with Gasteiger partial charge in [-0.05, 0) is 37.1 Å². The van der Waals surface area contributed by atoms with E-state index in [-0.39, 0.29) is 5.91 Å². The monoisotopic (exact) mass is 340 g/mol. The van der Waals surface area contributed by atoms with Gasteiger partial charge in [0.15, 0.2) is 16.6 Å². The first-order valence-electron chi connectivity index (χ1n) is 7.69. The number of carbonyl (C=O) groups is 1. The number of ether oxygens (including phenoxy) is 2. The third-order valence-electron chi connectivity index (χ3n) is 4.04. The van der Waals surface area contributed by atoms with E-state index in [9.17, 15) is 4.79 Å². The predicted octanol–water partition coefficient (Wildman–Crippen LogP) is 3.94. The van der Waals surface area contributed by atoms with Gasteiger partial charge >= 0.3 is 0 Å². The van der Waals surface area contributed by atoms with E-state index in [0.29, 0.717) is 29.7 Å². The van der Waals surface area contributed by atoms with Crippen LogP contribution in [0.5, 0.6) is 11.5 Å². The van der Waals surface area contributed by atoms with Crippen LogP contribution in [-0.4, -0.2) is 24.1 Å². The third kappa shape index (κ3) is 2.69. The lowest BCUT2D eigenvalue weighted by Crippen LogP contribution is -2.15. The molecule has 0 unspecified atom stereocenters. The van der Waals surface area contributed by atoms with Crippen molar-refractivity contribution >= 4 is 32.6 Å². The highest BCUT2D eigenvalue weighted by Gasteiger charge is 2.16. The SMILES string of the molecule is Cc1ccc(C(=O)Nc2nc3cc4c(cc3s2)OCCO4)cc1C. The number of hydrogen-bond acceptors (Lipinski definition) is 5. The summed E-state index contributed by atoms with van der Waals surface area (Å²) in [6.45, 7) is 5.11. The third-order valence-corrected chi connectivity index (χ3v) is 4.98. The summed E-state index contributed by atoms with van der Waals surface area (Å²) in [6, 6.07) is 9.42. The van der Waals surface area contributed by atoms with E-state index < -0.39 is 0 Å². The van der Waals surface area contributed by atoms with E-state index in [1.807, 2.05) is 44.2 Å². The van der Waals surface area contributed by atoms with Crippen LogP contribution in [0, 0.1) is 13.8 Å². The Balaban J connectivity index is 1.62. The summed E-state index contributed by atoms with van der Waals surface area (Å²) in [5.74, 6) is 1.27. The highest BCUT2D eigenvalue weighted by atomic mass is 32.1. The molecular weight excluding hydrogens is 324 g/mol. The number of nitrogens with one attached hydrogen (secondary N) is 1. The van der Waals surface area contributed by atoms with Crippen molar-refractivity contribution in [3.63, 3.8) is 0 Å². The summed E-state index contributed by atoms with van der Waals surface area (Å²) in [7, 11) is 0. The van der Waals surface area contributed by atoms with Gasteiger partial charge in [0.25, 0.3) is 5.91 Å². The zero-order chi connectivity index (χ0) is 16.7. The van der Waals surface area contributed by atoms with Gasteiger partial charge in [-0.1, -0.05) is 17.4 Å². The van der Waals surface area contributed by atoms with Gasteiger partial charge in [0.05, 0.1) is 10.2 Å². The Labute approximate surface area is 143 Å². The Kier molecular flexibility index (Phi) is 3.61. The Morgan fingerprint density at radius 3 is 2.58 bits per heavy atom. The lowest BCUT2D eigenvalue weighted by molar-refractivity contribution is 0.102. The second-order valence-electron chi connectivity index (χ2n) is 5.74. The molecule has 3 aromatic rings. The number of nitrogens with zero attached hydrogens (tertiary/aromatic N) is 1. The summed E-state index contributed by atoms with van der Waals surface area (Å²) in [5, 5.41) is 3.44. The fourth-order valence-electron chi connectivity index (χ4n) is 2.57. The number of aromatic nitrogens is 1. The van der Waals surface area contributed by atoms with Crippen molar-refractivity contribution in [3.8, 4) is 11.5 Å². The number of rotatable bonds is 2. The molecule has 2 aromatic carbocycles. The summed E-state index contributed by atoms with van der Waals surface area (Å²) in [6.07, 6.45) is 0. The number of thiazole rings is 1. The number of fused-ring (bicyclic) bond motifs is 2. The summed E-state index contributed by atoms with van der Waals surface area (Å²) >= 11 is 1.42. The smallest absolute Gasteiger partial charge is 0.257 e. The molecule has 1 aromatic heterocycles. The molecular formula is C18H16N2O3S. The number of aryl methyl sites for hydroxylation is 2. The summed E-state index contributed by atoms with van der Waals surface area (Å²) < 4.78 is 12.1. The zero-order valence-electron chi connectivity index (χ0n) is 13.4. The van der Waals surface area contributed by atoms with Gasteiger partial charge in [0, 0.05) is 17.7 Å². The van der Waals surface area contributed by atoms with E-state index in [1.165, 1.54) is 11.3 Å². The zero-order valence-corrected chi connectivity index (χ0v) is 14.2. The largest absolute Gasteiger partial charge is 0.486 e. The number of carbonyl (C=O) groups excluding carboxylic acids is 1. The lowest BCUT2D eigenvalue weighted by Gasteiger charge is -2.17. The van der Waals surface area contributed by atoms with E-state index in [2.05, 4.69) is 10.3 Å². The average Bonchev–Trinajstić information content (AvgIpc) is 2.96. The van der Waals surface area contributed by atoms with Crippen molar-refractivity contribution in [1.82, 2.24) is 4.98 Å². The van der Waals surface area contributed by atoms with Crippen LogP contribution in [0.4, 0.5) is 5.13 Å². The van der Waals surface area contributed by atoms with Crippen LogP contribution in [0.25, 0.3) is 10.2 Å². The van der Waals surface area contributed by atoms with Gasteiger partial charge in [-0.3, -0.25) is 10.1 Å². The second-order valence-corrected chi connectivity index (χ2v) is 6.77. The molecule has 5 nitrogen and oxygen atoms in total. The number of amides is 1. The molecule has 122 valence electrons. The number of anilines is 1.